The number of hydrogen-bond acceptors (Lipinski definition) is 2. The Morgan fingerprint density at radius 2 is 2.00 bits per heavy atom. The van der Waals surface area contributed by atoms with Gasteiger partial charge in [0.25, 0.3) is 0 Å². The minimum Gasteiger partial charge on any atom is -0.386 e. The van der Waals surface area contributed by atoms with Crippen LogP contribution in [-0.4, -0.2) is 14.9 Å². The molecule has 0 saturated heterocycles. The quantitative estimate of drug-likeness (QED) is 0.909. The molecular formula is C15H19ClN2O. The molecule has 3 nitrogen and oxygen atoms in total. The highest BCUT2D eigenvalue weighted by Gasteiger charge is 2.18. The molecule has 4 heteroatoms. The van der Waals surface area contributed by atoms with Crippen molar-refractivity contribution in [3.05, 3.63) is 52.3 Å². The Bertz CT molecular complexity index is 534. The number of aliphatic hydroxyl groups is 1. The monoisotopic (exact) mass is 278 g/mol. The second-order valence-electron chi connectivity index (χ2n) is 4.81. The normalized spacial score (nSPS) is 12.6. The highest BCUT2D eigenvalue weighted by Crippen LogP contribution is 2.26. The number of rotatable bonds is 5. The van der Waals surface area contributed by atoms with E-state index in [0.717, 1.165) is 18.5 Å². The van der Waals surface area contributed by atoms with Gasteiger partial charge in [-0.1, -0.05) is 48.4 Å². The molecule has 0 aliphatic heterocycles. The van der Waals surface area contributed by atoms with Gasteiger partial charge in [-0.3, -0.25) is 4.68 Å². The first-order chi connectivity index (χ1) is 9.11. The fourth-order valence-electron chi connectivity index (χ4n) is 2.14. The van der Waals surface area contributed by atoms with Crippen molar-refractivity contribution >= 4 is 11.6 Å². The third kappa shape index (κ3) is 3.37. The van der Waals surface area contributed by atoms with Gasteiger partial charge < -0.3 is 5.11 Å². The first-order valence-corrected chi connectivity index (χ1v) is 6.94. The van der Waals surface area contributed by atoms with E-state index in [0.29, 0.717) is 17.1 Å². The zero-order chi connectivity index (χ0) is 13.8. The molecule has 1 aromatic heterocycles. The van der Waals surface area contributed by atoms with Crippen LogP contribution in [0.15, 0.2) is 30.5 Å². The lowest BCUT2D eigenvalue weighted by molar-refractivity contribution is 0.166. The Labute approximate surface area is 118 Å². The minimum absolute atomic E-state index is 0.535. The summed E-state index contributed by atoms with van der Waals surface area (Å²) in [7, 11) is 0. The Balaban J connectivity index is 2.17. The van der Waals surface area contributed by atoms with E-state index in [1.54, 1.807) is 10.9 Å². The van der Waals surface area contributed by atoms with Gasteiger partial charge in [-0.05, 0) is 18.9 Å². The van der Waals surface area contributed by atoms with Crippen LogP contribution in [0.4, 0.5) is 0 Å². The zero-order valence-electron chi connectivity index (χ0n) is 11.3. The van der Waals surface area contributed by atoms with Crippen LogP contribution < -0.4 is 0 Å². The summed E-state index contributed by atoms with van der Waals surface area (Å²) in [6.07, 6.45) is 2.49. The molecule has 0 bridgehead atoms. The number of nitrogens with zero attached hydrogens (tertiary/aromatic N) is 2. The number of benzene rings is 1. The molecule has 19 heavy (non-hydrogen) atoms. The molecule has 0 saturated carbocycles. The molecule has 0 aliphatic rings. The number of aliphatic hydroxyl groups excluding tert-OH is 1. The topological polar surface area (TPSA) is 38.0 Å². The van der Waals surface area contributed by atoms with Crippen LogP contribution in [-0.2, 0) is 13.0 Å². The Morgan fingerprint density at radius 3 is 2.63 bits per heavy atom. The maximum atomic E-state index is 10.4. The molecule has 0 fully saturated rings. The number of aryl methyl sites for hydroxylation is 2. The fourth-order valence-corrected chi connectivity index (χ4v) is 2.40. The predicted molar refractivity (Wildman–Crippen MR) is 77.4 cm³/mol. The predicted octanol–water partition coefficient (Wildman–Crippen LogP) is 3.53. The molecule has 0 spiro atoms. The van der Waals surface area contributed by atoms with Gasteiger partial charge in [0.2, 0.25) is 0 Å². The zero-order valence-corrected chi connectivity index (χ0v) is 12.1. The van der Waals surface area contributed by atoms with Gasteiger partial charge in [0.1, 0.15) is 6.10 Å². The Morgan fingerprint density at radius 1 is 1.32 bits per heavy atom. The molecule has 102 valence electrons. The summed E-state index contributed by atoms with van der Waals surface area (Å²) in [4.78, 5) is 0. The maximum Gasteiger partial charge on any atom is 0.101 e. The number of halogens is 1. The highest BCUT2D eigenvalue weighted by molar-refractivity contribution is 6.31. The molecule has 2 aromatic rings. The van der Waals surface area contributed by atoms with Gasteiger partial charge in [0.05, 0.1) is 16.9 Å². The van der Waals surface area contributed by atoms with Crippen LogP contribution in [0.2, 0.25) is 5.02 Å². The SMILES string of the molecule is CCCn1ncc(Cl)c1C(O)Cc1ccc(C)cc1. The van der Waals surface area contributed by atoms with Gasteiger partial charge in [-0.2, -0.15) is 5.10 Å². The van der Waals surface area contributed by atoms with Crippen molar-refractivity contribution in [3.8, 4) is 0 Å². The van der Waals surface area contributed by atoms with Crippen molar-refractivity contribution in [1.82, 2.24) is 9.78 Å². The van der Waals surface area contributed by atoms with Crippen molar-refractivity contribution in [3.63, 3.8) is 0 Å². The third-order valence-corrected chi connectivity index (χ3v) is 3.43. The lowest BCUT2D eigenvalue weighted by Gasteiger charge is -2.14. The van der Waals surface area contributed by atoms with E-state index in [-0.39, 0.29) is 0 Å². The van der Waals surface area contributed by atoms with Gasteiger partial charge in [0, 0.05) is 13.0 Å². The van der Waals surface area contributed by atoms with Gasteiger partial charge in [-0.15, -0.1) is 0 Å². The lowest BCUT2D eigenvalue weighted by atomic mass is 10.0. The van der Waals surface area contributed by atoms with E-state index < -0.39 is 6.10 Å². The van der Waals surface area contributed by atoms with Crippen molar-refractivity contribution in [2.75, 3.05) is 0 Å². The van der Waals surface area contributed by atoms with Gasteiger partial charge in [0.15, 0.2) is 0 Å². The van der Waals surface area contributed by atoms with Crippen LogP contribution in [0.3, 0.4) is 0 Å². The average Bonchev–Trinajstić information content (AvgIpc) is 2.74. The summed E-state index contributed by atoms with van der Waals surface area (Å²) in [6.45, 7) is 4.89. The lowest BCUT2D eigenvalue weighted by Crippen LogP contribution is -2.11. The maximum absolute atomic E-state index is 10.4. The second kappa shape index (κ2) is 6.22. The molecule has 1 heterocycles. The van der Waals surface area contributed by atoms with E-state index in [9.17, 15) is 5.11 Å². The first kappa shape index (κ1) is 14.1. The van der Waals surface area contributed by atoms with Gasteiger partial charge in [-0.25, -0.2) is 0 Å². The van der Waals surface area contributed by atoms with E-state index in [2.05, 4.69) is 12.0 Å². The van der Waals surface area contributed by atoms with Crippen LogP contribution in [0.5, 0.6) is 0 Å². The molecular weight excluding hydrogens is 260 g/mol. The van der Waals surface area contributed by atoms with Crippen LogP contribution in [0.25, 0.3) is 0 Å². The van der Waals surface area contributed by atoms with Crippen LogP contribution in [0.1, 0.15) is 36.3 Å². The molecule has 1 atom stereocenters. The summed E-state index contributed by atoms with van der Waals surface area (Å²) in [5.74, 6) is 0. The summed E-state index contributed by atoms with van der Waals surface area (Å²) >= 11 is 6.12. The Hall–Kier alpha value is -1.32. The molecule has 1 N–H and O–H groups in total. The molecule has 1 unspecified atom stereocenters. The second-order valence-corrected chi connectivity index (χ2v) is 5.21. The highest BCUT2D eigenvalue weighted by atomic mass is 35.5. The largest absolute Gasteiger partial charge is 0.386 e. The molecule has 2 rings (SSSR count). The van der Waals surface area contributed by atoms with Crippen molar-refractivity contribution in [2.24, 2.45) is 0 Å². The fraction of sp³-hybridized carbons (Fsp3) is 0.400. The number of hydrogen-bond donors (Lipinski definition) is 1. The third-order valence-electron chi connectivity index (χ3n) is 3.13. The molecule has 0 amide bonds. The molecule has 0 aliphatic carbocycles. The first-order valence-electron chi connectivity index (χ1n) is 6.56. The number of aromatic nitrogens is 2. The average molecular weight is 279 g/mol. The van der Waals surface area contributed by atoms with Crippen molar-refractivity contribution < 1.29 is 5.11 Å². The Kier molecular flexibility index (Phi) is 4.61. The molecule has 0 radical (unpaired) electrons. The van der Waals surface area contributed by atoms with Crippen LogP contribution >= 0.6 is 11.6 Å². The van der Waals surface area contributed by atoms with E-state index in [4.69, 9.17) is 11.6 Å². The van der Waals surface area contributed by atoms with Crippen molar-refractivity contribution in [2.45, 2.75) is 39.3 Å². The van der Waals surface area contributed by atoms with E-state index >= 15 is 0 Å². The summed E-state index contributed by atoms with van der Waals surface area (Å²) < 4.78 is 1.79. The minimum atomic E-state index is -0.621. The summed E-state index contributed by atoms with van der Waals surface area (Å²) in [6, 6.07) is 8.17. The summed E-state index contributed by atoms with van der Waals surface area (Å²) in [5, 5.41) is 15.1. The van der Waals surface area contributed by atoms with Crippen molar-refractivity contribution in [1.29, 1.82) is 0 Å². The van der Waals surface area contributed by atoms with E-state index in [1.807, 2.05) is 31.2 Å². The van der Waals surface area contributed by atoms with E-state index in [1.165, 1.54) is 5.56 Å². The smallest absolute Gasteiger partial charge is 0.101 e. The standard InChI is InChI=1S/C15H19ClN2O/c1-3-8-18-15(13(16)10-17-18)14(19)9-12-6-4-11(2)5-7-12/h4-7,10,14,19H,3,8-9H2,1-2H3. The van der Waals surface area contributed by atoms with Gasteiger partial charge >= 0.3 is 0 Å². The summed E-state index contributed by atoms with van der Waals surface area (Å²) in [5.41, 5.74) is 3.02. The molecule has 1 aromatic carbocycles. The van der Waals surface area contributed by atoms with Crippen LogP contribution in [0, 0.1) is 6.92 Å².